The number of rotatable bonds is 2. The Morgan fingerprint density at radius 3 is 2.60 bits per heavy atom. The van der Waals surface area contributed by atoms with Gasteiger partial charge in [-0.25, -0.2) is 0 Å². The third kappa shape index (κ3) is 2.86. The lowest BCUT2D eigenvalue weighted by molar-refractivity contribution is 0.0510. The normalized spacial score (nSPS) is 25.1. The Morgan fingerprint density at radius 2 is 2.00 bits per heavy atom. The first-order chi connectivity index (χ1) is 9.72. The van der Waals surface area contributed by atoms with Gasteiger partial charge < -0.3 is 9.64 Å². The summed E-state index contributed by atoms with van der Waals surface area (Å²) in [5.41, 5.74) is 1.14. The Morgan fingerprint density at radius 1 is 1.30 bits per heavy atom. The number of ether oxygens (including phenoxy) is 1. The molecule has 0 bridgehead atoms. The zero-order valence-electron chi connectivity index (χ0n) is 11.6. The highest BCUT2D eigenvalue weighted by molar-refractivity contribution is 14.1. The molecule has 0 saturated carbocycles. The zero-order chi connectivity index (χ0) is 14.0. The Labute approximate surface area is 133 Å². The minimum atomic E-state index is 0.171. The summed E-state index contributed by atoms with van der Waals surface area (Å²) in [5, 5.41) is 0. The van der Waals surface area contributed by atoms with E-state index >= 15 is 0 Å². The van der Waals surface area contributed by atoms with E-state index in [0.717, 1.165) is 42.5 Å². The Hall–Kier alpha value is -0.620. The fourth-order valence-electron chi connectivity index (χ4n) is 3.29. The van der Waals surface area contributed by atoms with Crippen LogP contribution in [-0.2, 0) is 4.74 Å². The van der Waals surface area contributed by atoms with Crippen LogP contribution in [0.25, 0.3) is 0 Å². The number of amides is 1. The van der Waals surface area contributed by atoms with Crippen LogP contribution in [0.3, 0.4) is 0 Å². The van der Waals surface area contributed by atoms with Crippen molar-refractivity contribution < 1.29 is 9.53 Å². The molecule has 3 rings (SSSR count). The maximum atomic E-state index is 12.4. The number of benzene rings is 1. The van der Waals surface area contributed by atoms with Crippen molar-refractivity contribution >= 4 is 28.5 Å². The summed E-state index contributed by atoms with van der Waals surface area (Å²) in [6.07, 6.45) is 3.76. The van der Waals surface area contributed by atoms with Gasteiger partial charge in [-0.15, -0.1) is 0 Å². The third-order valence-electron chi connectivity index (χ3n) is 4.59. The molecule has 1 atom stereocenters. The van der Waals surface area contributed by atoms with E-state index in [2.05, 4.69) is 22.6 Å². The summed E-state index contributed by atoms with van der Waals surface area (Å²) >= 11 is 2.40. The van der Waals surface area contributed by atoms with Gasteiger partial charge in [0.25, 0.3) is 5.91 Å². The van der Waals surface area contributed by atoms with Crippen LogP contribution < -0.4 is 0 Å². The topological polar surface area (TPSA) is 29.5 Å². The van der Waals surface area contributed by atoms with Gasteiger partial charge in [0.2, 0.25) is 0 Å². The fraction of sp³-hybridized carbons (Fsp3) is 0.562. The standard InChI is InChI=1S/C16H20INO2/c17-11-14-10-16(12-20-14)6-8-18(9-7-16)15(19)13-4-2-1-3-5-13/h1-5,14H,6-12H2. The molecule has 2 aliphatic rings. The van der Waals surface area contributed by atoms with E-state index in [-0.39, 0.29) is 5.91 Å². The molecule has 2 saturated heterocycles. The van der Waals surface area contributed by atoms with Crippen molar-refractivity contribution in [2.24, 2.45) is 5.41 Å². The van der Waals surface area contributed by atoms with Gasteiger partial charge in [0.15, 0.2) is 0 Å². The predicted octanol–water partition coefficient (Wildman–Crippen LogP) is 3.13. The molecule has 1 aromatic carbocycles. The molecule has 2 aliphatic heterocycles. The van der Waals surface area contributed by atoms with E-state index in [4.69, 9.17) is 4.74 Å². The number of halogens is 1. The summed E-state index contributed by atoms with van der Waals surface area (Å²) in [6, 6.07) is 9.60. The number of nitrogens with zero attached hydrogens (tertiary/aromatic N) is 1. The third-order valence-corrected chi connectivity index (χ3v) is 5.57. The lowest BCUT2D eigenvalue weighted by Crippen LogP contribution is -2.43. The van der Waals surface area contributed by atoms with Gasteiger partial charge in [0, 0.05) is 23.1 Å². The average Bonchev–Trinajstić information content (AvgIpc) is 2.91. The second kappa shape index (κ2) is 6.02. The number of likely N-dealkylation sites (tertiary alicyclic amines) is 1. The van der Waals surface area contributed by atoms with E-state index in [9.17, 15) is 4.79 Å². The summed E-state index contributed by atoms with van der Waals surface area (Å²) in [6.45, 7) is 2.62. The number of hydrogen-bond donors (Lipinski definition) is 0. The minimum Gasteiger partial charge on any atom is -0.377 e. The van der Waals surface area contributed by atoms with Crippen molar-refractivity contribution in [3.05, 3.63) is 35.9 Å². The molecule has 1 spiro atoms. The van der Waals surface area contributed by atoms with Crippen LogP contribution in [0.5, 0.6) is 0 Å². The number of carbonyl (C=O) groups is 1. The van der Waals surface area contributed by atoms with Crippen molar-refractivity contribution in [1.82, 2.24) is 4.90 Å². The Bertz CT molecular complexity index is 469. The van der Waals surface area contributed by atoms with Gasteiger partial charge in [-0.3, -0.25) is 4.79 Å². The number of piperidine rings is 1. The maximum absolute atomic E-state index is 12.4. The van der Waals surface area contributed by atoms with Crippen molar-refractivity contribution in [3.8, 4) is 0 Å². The summed E-state index contributed by atoms with van der Waals surface area (Å²) in [4.78, 5) is 14.4. The average molecular weight is 385 g/mol. The fourth-order valence-corrected chi connectivity index (χ4v) is 3.86. The highest BCUT2D eigenvalue weighted by Crippen LogP contribution is 2.42. The molecule has 0 N–H and O–H groups in total. The summed E-state index contributed by atoms with van der Waals surface area (Å²) < 4.78 is 6.94. The van der Waals surface area contributed by atoms with Crippen molar-refractivity contribution in [2.75, 3.05) is 24.1 Å². The molecule has 20 heavy (non-hydrogen) atoms. The monoisotopic (exact) mass is 385 g/mol. The van der Waals surface area contributed by atoms with Crippen LogP contribution in [0, 0.1) is 5.41 Å². The summed E-state index contributed by atoms with van der Waals surface area (Å²) in [7, 11) is 0. The van der Waals surface area contributed by atoms with Crippen LogP contribution in [0.2, 0.25) is 0 Å². The molecule has 2 fully saturated rings. The van der Waals surface area contributed by atoms with Crippen molar-refractivity contribution in [2.45, 2.75) is 25.4 Å². The molecule has 0 radical (unpaired) electrons. The lowest BCUT2D eigenvalue weighted by Gasteiger charge is -2.38. The Balaban J connectivity index is 1.60. The van der Waals surface area contributed by atoms with E-state index in [0.29, 0.717) is 11.5 Å². The molecule has 1 aromatic rings. The van der Waals surface area contributed by atoms with E-state index in [1.54, 1.807) is 0 Å². The largest absolute Gasteiger partial charge is 0.377 e. The van der Waals surface area contributed by atoms with Crippen LogP contribution >= 0.6 is 22.6 Å². The maximum Gasteiger partial charge on any atom is 0.253 e. The van der Waals surface area contributed by atoms with E-state index < -0.39 is 0 Å². The van der Waals surface area contributed by atoms with Gasteiger partial charge in [-0.05, 0) is 36.8 Å². The highest BCUT2D eigenvalue weighted by Gasteiger charge is 2.42. The predicted molar refractivity (Wildman–Crippen MR) is 87.3 cm³/mol. The smallest absolute Gasteiger partial charge is 0.253 e. The molecule has 1 amide bonds. The molecular weight excluding hydrogens is 365 g/mol. The van der Waals surface area contributed by atoms with Crippen molar-refractivity contribution in [3.63, 3.8) is 0 Å². The molecule has 0 aliphatic carbocycles. The van der Waals surface area contributed by atoms with Crippen LogP contribution in [0.4, 0.5) is 0 Å². The first-order valence-corrected chi connectivity index (χ1v) is 8.77. The molecule has 3 nitrogen and oxygen atoms in total. The molecular formula is C16H20INO2. The quantitative estimate of drug-likeness (QED) is 0.579. The zero-order valence-corrected chi connectivity index (χ0v) is 13.7. The van der Waals surface area contributed by atoms with Gasteiger partial charge in [-0.2, -0.15) is 0 Å². The second-order valence-corrected chi connectivity index (χ2v) is 6.83. The van der Waals surface area contributed by atoms with Crippen LogP contribution in [-0.4, -0.2) is 41.0 Å². The number of hydrogen-bond acceptors (Lipinski definition) is 2. The molecule has 0 aromatic heterocycles. The molecule has 1 unspecified atom stereocenters. The van der Waals surface area contributed by atoms with Crippen LogP contribution in [0.15, 0.2) is 30.3 Å². The van der Waals surface area contributed by atoms with Crippen molar-refractivity contribution in [1.29, 1.82) is 0 Å². The summed E-state index contributed by atoms with van der Waals surface area (Å²) in [5.74, 6) is 0.171. The highest BCUT2D eigenvalue weighted by atomic mass is 127. The second-order valence-electron chi connectivity index (χ2n) is 5.95. The van der Waals surface area contributed by atoms with E-state index in [1.165, 1.54) is 6.42 Å². The number of carbonyl (C=O) groups excluding carboxylic acids is 1. The van der Waals surface area contributed by atoms with E-state index in [1.807, 2.05) is 35.2 Å². The van der Waals surface area contributed by atoms with Crippen LogP contribution in [0.1, 0.15) is 29.6 Å². The minimum absolute atomic E-state index is 0.171. The van der Waals surface area contributed by atoms with Gasteiger partial charge >= 0.3 is 0 Å². The molecule has 108 valence electrons. The molecule has 2 heterocycles. The Kier molecular flexibility index (Phi) is 4.31. The first kappa shape index (κ1) is 14.3. The number of alkyl halides is 1. The lowest BCUT2D eigenvalue weighted by atomic mass is 9.77. The first-order valence-electron chi connectivity index (χ1n) is 7.24. The van der Waals surface area contributed by atoms with Gasteiger partial charge in [0.1, 0.15) is 0 Å². The van der Waals surface area contributed by atoms with Gasteiger partial charge in [-0.1, -0.05) is 40.8 Å². The SMILES string of the molecule is O=C(c1ccccc1)N1CCC2(CC1)COC(CI)C2. The molecule has 4 heteroatoms. The van der Waals surface area contributed by atoms with Gasteiger partial charge in [0.05, 0.1) is 12.7 Å².